The third-order valence-electron chi connectivity index (χ3n) is 4.93. The number of nitrogens with one attached hydrogen (secondary N) is 3. The summed E-state index contributed by atoms with van der Waals surface area (Å²) in [7, 11) is 0. The van der Waals surface area contributed by atoms with Crippen LogP contribution >= 0.6 is 0 Å². The maximum absolute atomic E-state index is 12.0. The number of carbonyl (C=O) groups is 1. The van der Waals surface area contributed by atoms with Crippen LogP contribution in [-0.4, -0.2) is 43.2 Å². The van der Waals surface area contributed by atoms with E-state index in [9.17, 15) is 9.90 Å². The van der Waals surface area contributed by atoms with Crippen LogP contribution in [0.3, 0.4) is 0 Å². The summed E-state index contributed by atoms with van der Waals surface area (Å²) in [6.07, 6.45) is 1.57. The molecule has 1 amide bonds. The maximum atomic E-state index is 12.0. The Hall–Kier alpha value is -2.80. The Morgan fingerprint density at radius 2 is 1.77 bits per heavy atom. The number of carbonyl (C=O) groups excluding carboxylic acids is 1. The molecule has 170 valence electrons. The van der Waals surface area contributed by atoms with Crippen molar-refractivity contribution in [2.24, 2.45) is 4.99 Å². The number of furan rings is 1. The fraction of sp³-hybridized carbons (Fsp3) is 0.500. The molecule has 1 aromatic carbocycles. The summed E-state index contributed by atoms with van der Waals surface area (Å²) in [6.45, 7) is 12.5. The Morgan fingerprint density at radius 3 is 2.35 bits per heavy atom. The SMILES string of the molecule is CCNC(=NCC(O)c1ccc(C(C)(C)C)cc1)NCCCNC(=O)c1occc1C. The number of benzene rings is 1. The van der Waals surface area contributed by atoms with E-state index in [0.29, 0.717) is 24.8 Å². The standard InChI is InChI=1S/C24H36N4O3/c1-6-25-23(27-14-7-13-26-22(30)21-17(2)12-15-31-21)28-16-20(29)18-8-10-19(11-9-18)24(3,4)5/h8-12,15,20,29H,6-7,13-14,16H2,1-5H3,(H,26,30)(H2,25,27,28). The normalized spacial score (nSPS) is 13.0. The smallest absolute Gasteiger partial charge is 0.287 e. The van der Waals surface area contributed by atoms with E-state index in [1.807, 2.05) is 26.0 Å². The molecule has 4 N–H and O–H groups in total. The zero-order chi connectivity index (χ0) is 22.9. The van der Waals surface area contributed by atoms with Crippen molar-refractivity contribution < 1.29 is 14.3 Å². The predicted molar refractivity (Wildman–Crippen MR) is 124 cm³/mol. The first-order valence-corrected chi connectivity index (χ1v) is 10.9. The van der Waals surface area contributed by atoms with Gasteiger partial charge < -0.3 is 25.5 Å². The largest absolute Gasteiger partial charge is 0.459 e. The van der Waals surface area contributed by atoms with Crippen LogP contribution in [0.2, 0.25) is 0 Å². The highest BCUT2D eigenvalue weighted by Gasteiger charge is 2.15. The van der Waals surface area contributed by atoms with Crippen molar-refractivity contribution in [3.8, 4) is 0 Å². The lowest BCUT2D eigenvalue weighted by molar-refractivity contribution is 0.0925. The minimum Gasteiger partial charge on any atom is -0.459 e. The van der Waals surface area contributed by atoms with Crippen LogP contribution < -0.4 is 16.0 Å². The number of aliphatic imine (C=N–C) groups is 1. The number of aliphatic hydroxyl groups is 1. The number of hydrogen-bond donors (Lipinski definition) is 4. The zero-order valence-electron chi connectivity index (χ0n) is 19.3. The average Bonchev–Trinajstić information content (AvgIpc) is 3.16. The second-order valence-corrected chi connectivity index (χ2v) is 8.58. The Bertz CT molecular complexity index is 850. The Kier molecular flexibility index (Phi) is 9.12. The van der Waals surface area contributed by atoms with Gasteiger partial charge in [-0.15, -0.1) is 0 Å². The molecule has 0 aliphatic rings. The van der Waals surface area contributed by atoms with Gasteiger partial charge in [-0.1, -0.05) is 45.0 Å². The van der Waals surface area contributed by atoms with Crippen LogP contribution in [0.5, 0.6) is 0 Å². The number of nitrogens with zero attached hydrogens (tertiary/aromatic N) is 1. The second kappa shape index (κ2) is 11.6. The van der Waals surface area contributed by atoms with Gasteiger partial charge in [-0.25, -0.2) is 0 Å². The summed E-state index contributed by atoms with van der Waals surface area (Å²) >= 11 is 0. The van der Waals surface area contributed by atoms with Crippen molar-refractivity contribution in [2.45, 2.75) is 52.6 Å². The third-order valence-corrected chi connectivity index (χ3v) is 4.93. The van der Waals surface area contributed by atoms with Gasteiger partial charge in [0.05, 0.1) is 18.9 Å². The molecule has 0 fully saturated rings. The van der Waals surface area contributed by atoms with Gasteiger partial charge in [-0.05, 0) is 42.9 Å². The van der Waals surface area contributed by atoms with E-state index in [1.54, 1.807) is 6.07 Å². The van der Waals surface area contributed by atoms with Gasteiger partial charge in [0.25, 0.3) is 5.91 Å². The highest BCUT2D eigenvalue weighted by atomic mass is 16.3. The van der Waals surface area contributed by atoms with Crippen LogP contribution in [0, 0.1) is 6.92 Å². The molecule has 0 saturated heterocycles. The first-order chi connectivity index (χ1) is 14.7. The molecule has 0 spiro atoms. The number of aryl methyl sites for hydroxylation is 1. The molecule has 2 aromatic rings. The molecular weight excluding hydrogens is 392 g/mol. The van der Waals surface area contributed by atoms with E-state index >= 15 is 0 Å². The molecule has 0 radical (unpaired) electrons. The van der Waals surface area contributed by atoms with Crippen LogP contribution in [0.1, 0.15) is 67.5 Å². The topological polar surface area (TPSA) is 98.9 Å². The van der Waals surface area contributed by atoms with Gasteiger partial charge in [0.15, 0.2) is 11.7 Å². The molecule has 0 saturated carbocycles. The minimum absolute atomic E-state index is 0.0834. The fourth-order valence-corrected chi connectivity index (χ4v) is 3.01. The minimum atomic E-state index is -0.666. The maximum Gasteiger partial charge on any atom is 0.287 e. The van der Waals surface area contributed by atoms with Gasteiger partial charge >= 0.3 is 0 Å². The van der Waals surface area contributed by atoms with Gasteiger partial charge in [-0.3, -0.25) is 9.79 Å². The van der Waals surface area contributed by atoms with E-state index in [-0.39, 0.29) is 17.9 Å². The van der Waals surface area contributed by atoms with Gasteiger partial charge in [0, 0.05) is 25.2 Å². The van der Waals surface area contributed by atoms with Gasteiger partial charge in [0.2, 0.25) is 0 Å². The highest BCUT2D eigenvalue weighted by Crippen LogP contribution is 2.24. The van der Waals surface area contributed by atoms with Gasteiger partial charge in [0.1, 0.15) is 0 Å². The summed E-state index contributed by atoms with van der Waals surface area (Å²) in [5.41, 5.74) is 2.99. The molecule has 31 heavy (non-hydrogen) atoms. The molecule has 1 heterocycles. The summed E-state index contributed by atoms with van der Waals surface area (Å²) < 4.78 is 5.19. The first kappa shape index (κ1) is 24.5. The first-order valence-electron chi connectivity index (χ1n) is 10.9. The van der Waals surface area contributed by atoms with Crippen LogP contribution in [0.15, 0.2) is 46.0 Å². The third kappa shape index (κ3) is 7.75. The Balaban J connectivity index is 1.79. The number of aliphatic hydroxyl groups excluding tert-OH is 1. The lowest BCUT2D eigenvalue weighted by Crippen LogP contribution is -2.39. The lowest BCUT2D eigenvalue weighted by atomic mass is 9.86. The summed E-state index contributed by atoms with van der Waals surface area (Å²) in [6, 6.07) is 9.81. The summed E-state index contributed by atoms with van der Waals surface area (Å²) in [5, 5.41) is 19.7. The van der Waals surface area contributed by atoms with Crippen LogP contribution in [-0.2, 0) is 5.41 Å². The number of hydrogen-bond acceptors (Lipinski definition) is 4. The van der Waals surface area contributed by atoms with Crippen molar-refractivity contribution >= 4 is 11.9 Å². The fourth-order valence-electron chi connectivity index (χ4n) is 3.01. The van der Waals surface area contributed by atoms with Crippen molar-refractivity contribution in [3.05, 3.63) is 59.0 Å². The van der Waals surface area contributed by atoms with E-state index in [2.05, 4.69) is 53.8 Å². The van der Waals surface area contributed by atoms with E-state index in [0.717, 1.165) is 24.1 Å². The molecule has 0 aliphatic heterocycles. The molecule has 7 heteroatoms. The Morgan fingerprint density at radius 1 is 1.10 bits per heavy atom. The quantitative estimate of drug-likeness (QED) is 0.279. The van der Waals surface area contributed by atoms with E-state index in [4.69, 9.17) is 4.42 Å². The second-order valence-electron chi connectivity index (χ2n) is 8.58. The molecule has 1 aromatic heterocycles. The molecule has 0 aliphatic carbocycles. The summed E-state index contributed by atoms with van der Waals surface area (Å²) in [4.78, 5) is 16.5. The van der Waals surface area contributed by atoms with Crippen LogP contribution in [0.4, 0.5) is 0 Å². The monoisotopic (exact) mass is 428 g/mol. The molecule has 0 bridgehead atoms. The van der Waals surface area contributed by atoms with E-state index < -0.39 is 6.10 Å². The lowest BCUT2D eigenvalue weighted by Gasteiger charge is -2.20. The van der Waals surface area contributed by atoms with Crippen molar-refractivity contribution in [3.63, 3.8) is 0 Å². The average molecular weight is 429 g/mol. The zero-order valence-corrected chi connectivity index (χ0v) is 19.3. The molecular formula is C24H36N4O3. The van der Waals surface area contributed by atoms with Crippen molar-refractivity contribution in [2.75, 3.05) is 26.2 Å². The predicted octanol–water partition coefficient (Wildman–Crippen LogP) is 3.29. The Labute approximate surface area is 185 Å². The van der Waals surface area contributed by atoms with Crippen LogP contribution in [0.25, 0.3) is 0 Å². The summed E-state index contributed by atoms with van der Waals surface area (Å²) in [5.74, 6) is 0.789. The van der Waals surface area contributed by atoms with E-state index in [1.165, 1.54) is 11.8 Å². The molecule has 2 rings (SSSR count). The van der Waals surface area contributed by atoms with Crippen molar-refractivity contribution in [1.82, 2.24) is 16.0 Å². The molecule has 1 atom stereocenters. The number of amides is 1. The number of rotatable bonds is 9. The van der Waals surface area contributed by atoms with Gasteiger partial charge in [-0.2, -0.15) is 0 Å². The highest BCUT2D eigenvalue weighted by molar-refractivity contribution is 5.92. The van der Waals surface area contributed by atoms with Crippen molar-refractivity contribution in [1.29, 1.82) is 0 Å². The molecule has 1 unspecified atom stereocenters. The molecule has 7 nitrogen and oxygen atoms in total. The number of guanidine groups is 1.